The van der Waals surface area contributed by atoms with Gasteiger partial charge in [-0.05, 0) is 19.3 Å². The van der Waals surface area contributed by atoms with Crippen LogP contribution in [0, 0.1) is 0 Å². The van der Waals surface area contributed by atoms with Crippen molar-refractivity contribution in [2.45, 2.75) is 31.6 Å². The second kappa shape index (κ2) is 4.57. The van der Waals surface area contributed by atoms with Crippen molar-refractivity contribution < 1.29 is 4.79 Å². The fourth-order valence-electron chi connectivity index (χ4n) is 1.76. The number of carbonyl (C=O) groups excluding carboxylic acids is 1. The molecule has 1 unspecified atom stereocenters. The third-order valence-electron chi connectivity index (χ3n) is 2.60. The van der Waals surface area contributed by atoms with Gasteiger partial charge in [-0.3, -0.25) is 4.79 Å². The summed E-state index contributed by atoms with van der Waals surface area (Å²) in [7, 11) is 0. The predicted molar refractivity (Wildman–Crippen MR) is 61.0 cm³/mol. The van der Waals surface area contributed by atoms with Crippen LogP contribution in [0.25, 0.3) is 0 Å². The quantitative estimate of drug-likeness (QED) is 0.781. The Morgan fingerprint density at radius 3 is 3.13 bits per heavy atom. The van der Waals surface area contributed by atoms with Crippen LogP contribution in [0.4, 0.5) is 0 Å². The first kappa shape index (κ1) is 10.4. The van der Waals surface area contributed by atoms with Crippen LogP contribution in [-0.2, 0) is 0 Å². The lowest BCUT2D eigenvalue weighted by atomic mass is 10.1. The molecule has 0 aromatic carbocycles. The Bertz CT molecular complexity index is 384. The van der Waals surface area contributed by atoms with Crippen LogP contribution in [0.5, 0.6) is 0 Å². The smallest absolute Gasteiger partial charge is 0.268 e. The average molecular weight is 222 g/mol. The van der Waals surface area contributed by atoms with Gasteiger partial charge in [-0.1, -0.05) is 18.6 Å². The van der Waals surface area contributed by atoms with E-state index in [2.05, 4.69) is 17.1 Å². The zero-order valence-corrected chi connectivity index (χ0v) is 9.30. The molecule has 0 saturated carbocycles. The molecule has 2 rings (SSSR count). The van der Waals surface area contributed by atoms with Crippen molar-refractivity contribution in [2.75, 3.05) is 0 Å². The van der Waals surface area contributed by atoms with Gasteiger partial charge in [0, 0.05) is 11.3 Å². The fraction of sp³-hybridized carbons (Fsp3) is 0.455. The van der Waals surface area contributed by atoms with Crippen LogP contribution in [0.3, 0.4) is 0 Å². The van der Waals surface area contributed by atoms with Crippen LogP contribution in [-0.4, -0.2) is 10.9 Å². The number of carbonyl (C=O) groups is 1. The molecule has 1 atom stereocenters. The predicted octanol–water partition coefficient (Wildman–Crippen LogP) is 2.46. The van der Waals surface area contributed by atoms with Gasteiger partial charge >= 0.3 is 0 Å². The molecule has 1 amide bonds. The number of aromatic nitrogens is 1. The Morgan fingerprint density at radius 1 is 1.53 bits per heavy atom. The van der Waals surface area contributed by atoms with E-state index >= 15 is 0 Å². The van der Waals surface area contributed by atoms with Gasteiger partial charge in [-0.25, -0.2) is 4.98 Å². The Morgan fingerprint density at radius 2 is 2.40 bits per heavy atom. The van der Waals surface area contributed by atoms with Crippen molar-refractivity contribution in [3.8, 4) is 0 Å². The summed E-state index contributed by atoms with van der Waals surface area (Å²) in [6.45, 7) is 0. The molecule has 1 heterocycles. The Balaban J connectivity index is 2.17. The summed E-state index contributed by atoms with van der Waals surface area (Å²) in [4.78, 5) is 15.2. The lowest BCUT2D eigenvalue weighted by Crippen LogP contribution is -2.11. The van der Waals surface area contributed by atoms with Gasteiger partial charge in [-0.2, -0.15) is 0 Å². The topological polar surface area (TPSA) is 56.0 Å². The number of nitrogens with zero attached hydrogens (tertiary/aromatic N) is 1. The summed E-state index contributed by atoms with van der Waals surface area (Å²) in [5, 5.41) is 2.76. The number of nitrogens with two attached hydrogens (primary N) is 1. The number of amides is 1. The molecule has 15 heavy (non-hydrogen) atoms. The molecule has 1 aromatic heterocycles. The maximum atomic E-state index is 10.9. The molecular weight excluding hydrogens is 208 g/mol. The minimum absolute atomic E-state index is 0.380. The molecule has 0 aliphatic heterocycles. The largest absolute Gasteiger partial charge is 0.364 e. The first-order chi connectivity index (χ1) is 7.27. The average Bonchev–Trinajstić information content (AvgIpc) is 2.55. The molecular formula is C11H14N2OS. The Kier molecular flexibility index (Phi) is 3.16. The first-order valence-electron chi connectivity index (χ1n) is 5.19. The number of hydrogen-bond acceptors (Lipinski definition) is 3. The van der Waals surface area contributed by atoms with Crippen LogP contribution in [0.1, 0.15) is 47.1 Å². The Hall–Kier alpha value is -1.16. The van der Waals surface area contributed by atoms with Gasteiger partial charge in [-0.15, -0.1) is 11.3 Å². The molecule has 2 N–H and O–H groups in total. The summed E-state index contributed by atoms with van der Waals surface area (Å²) in [6.07, 6.45) is 9.18. The Labute approximate surface area is 93.0 Å². The molecule has 3 nitrogen and oxygen atoms in total. The van der Waals surface area contributed by atoms with Crippen LogP contribution >= 0.6 is 11.3 Å². The summed E-state index contributed by atoms with van der Waals surface area (Å²) < 4.78 is 0. The second-order valence-corrected chi connectivity index (χ2v) is 4.64. The molecule has 0 radical (unpaired) electrons. The van der Waals surface area contributed by atoms with E-state index in [1.54, 1.807) is 5.38 Å². The summed E-state index contributed by atoms with van der Waals surface area (Å²) in [6, 6.07) is 0. The van der Waals surface area contributed by atoms with Crippen molar-refractivity contribution >= 4 is 17.2 Å². The minimum Gasteiger partial charge on any atom is -0.364 e. The first-order valence-corrected chi connectivity index (χ1v) is 6.07. The standard InChI is InChI=1S/C11H14N2OS/c12-10(14)9-7-15-11(13-9)8-5-3-1-2-4-6-8/h3,5,7-8H,1-2,4,6H2,(H2,12,14). The third-order valence-corrected chi connectivity index (χ3v) is 3.57. The monoisotopic (exact) mass is 222 g/mol. The summed E-state index contributed by atoms with van der Waals surface area (Å²) in [5.74, 6) is -0.0549. The highest BCUT2D eigenvalue weighted by molar-refractivity contribution is 7.10. The highest BCUT2D eigenvalue weighted by Crippen LogP contribution is 2.29. The molecule has 4 heteroatoms. The SMILES string of the molecule is NC(=O)c1csc(C2C=CCCCC2)n1. The molecule has 1 aromatic rings. The van der Waals surface area contributed by atoms with E-state index in [4.69, 9.17) is 5.73 Å². The van der Waals surface area contributed by atoms with Crippen LogP contribution in [0.2, 0.25) is 0 Å². The van der Waals surface area contributed by atoms with E-state index in [1.807, 2.05) is 0 Å². The van der Waals surface area contributed by atoms with Crippen LogP contribution < -0.4 is 5.73 Å². The number of thiazole rings is 1. The van der Waals surface area contributed by atoms with Gasteiger partial charge in [0.15, 0.2) is 0 Å². The molecule has 80 valence electrons. The number of allylic oxidation sites excluding steroid dienone is 2. The van der Waals surface area contributed by atoms with Crippen LogP contribution in [0.15, 0.2) is 17.5 Å². The van der Waals surface area contributed by atoms with E-state index in [9.17, 15) is 4.79 Å². The van der Waals surface area contributed by atoms with Crippen molar-refractivity contribution in [3.05, 3.63) is 28.2 Å². The van der Waals surface area contributed by atoms with Crippen molar-refractivity contribution in [1.82, 2.24) is 4.98 Å². The molecule has 1 aliphatic carbocycles. The molecule has 0 bridgehead atoms. The second-order valence-electron chi connectivity index (χ2n) is 3.75. The van der Waals surface area contributed by atoms with E-state index in [-0.39, 0.29) is 0 Å². The minimum atomic E-state index is -0.435. The van der Waals surface area contributed by atoms with Gasteiger partial charge < -0.3 is 5.73 Å². The normalized spacial score (nSPS) is 21.2. The van der Waals surface area contributed by atoms with Gasteiger partial charge in [0.05, 0.1) is 0 Å². The highest BCUT2D eigenvalue weighted by Gasteiger charge is 2.15. The van der Waals surface area contributed by atoms with Gasteiger partial charge in [0.2, 0.25) is 0 Å². The highest BCUT2D eigenvalue weighted by atomic mass is 32.1. The van der Waals surface area contributed by atoms with Crippen molar-refractivity contribution in [2.24, 2.45) is 5.73 Å². The molecule has 0 spiro atoms. The molecule has 0 fully saturated rings. The number of rotatable bonds is 2. The lowest BCUT2D eigenvalue weighted by Gasteiger charge is -2.05. The van der Waals surface area contributed by atoms with E-state index in [1.165, 1.54) is 24.2 Å². The van der Waals surface area contributed by atoms with Crippen molar-refractivity contribution in [3.63, 3.8) is 0 Å². The van der Waals surface area contributed by atoms with E-state index in [0.717, 1.165) is 17.8 Å². The third kappa shape index (κ3) is 2.45. The number of hydrogen-bond donors (Lipinski definition) is 1. The van der Waals surface area contributed by atoms with Crippen molar-refractivity contribution in [1.29, 1.82) is 0 Å². The lowest BCUT2D eigenvalue weighted by molar-refractivity contribution is 0.0996. The maximum Gasteiger partial charge on any atom is 0.268 e. The van der Waals surface area contributed by atoms with Gasteiger partial charge in [0.1, 0.15) is 10.7 Å². The fourth-order valence-corrected chi connectivity index (χ4v) is 2.68. The summed E-state index contributed by atoms with van der Waals surface area (Å²) >= 11 is 1.53. The molecule has 0 saturated heterocycles. The summed E-state index contributed by atoms with van der Waals surface area (Å²) in [5.41, 5.74) is 5.57. The molecule has 1 aliphatic rings. The maximum absolute atomic E-state index is 10.9. The van der Waals surface area contributed by atoms with Gasteiger partial charge in [0.25, 0.3) is 5.91 Å². The zero-order chi connectivity index (χ0) is 10.7. The van der Waals surface area contributed by atoms with E-state index < -0.39 is 5.91 Å². The zero-order valence-electron chi connectivity index (χ0n) is 8.48. The number of primary amides is 1. The van der Waals surface area contributed by atoms with E-state index in [0.29, 0.717) is 11.6 Å².